The van der Waals surface area contributed by atoms with Crippen molar-refractivity contribution in [2.45, 2.75) is 12.8 Å². The molecule has 1 N–H and O–H groups in total. The van der Waals surface area contributed by atoms with Gasteiger partial charge in [-0.3, -0.25) is 4.79 Å². The van der Waals surface area contributed by atoms with E-state index in [1.54, 1.807) is 6.26 Å². The number of carbonyl (C=O) groups excluding carboxylic acids is 2. The molecule has 2 heterocycles. The van der Waals surface area contributed by atoms with Crippen LogP contribution in [0.15, 0.2) is 47.1 Å². The predicted molar refractivity (Wildman–Crippen MR) is 101 cm³/mol. The Hall–Kier alpha value is -3.41. The van der Waals surface area contributed by atoms with Crippen LogP contribution in [-0.4, -0.2) is 30.5 Å². The van der Waals surface area contributed by atoms with E-state index < -0.39 is 5.97 Å². The number of benzene rings is 1. The van der Waals surface area contributed by atoms with Crippen LogP contribution in [0.3, 0.4) is 0 Å². The Labute approximate surface area is 155 Å². The van der Waals surface area contributed by atoms with Gasteiger partial charge in [0.1, 0.15) is 5.76 Å². The zero-order chi connectivity index (χ0) is 18.8. The zero-order valence-corrected chi connectivity index (χ0v) is 14.8. The molecule has 0 saturated carbocycles. The molecule has 6 heteroatoms. The summed E-state index contributed by atoms with van der Waals surface area (Å²) in [7, 11) is 1.50. The lowest BCUT2D eigenvalue weighted by molar-refractivity contribution is -0.123. The molecule has 27 heavy (non-hydrogen) atoms. The number of allylic oxidation sites excluding steroid dienone is 1. The number of amides is 1. The lowest BCUT2D eigenvalue weighted by Crippen LogP contribution is -2.25. The van der Waals surface area contributed by atoms with E-state index in [-0.39, 0.29) is 12.5 Å². The summed E-state index contributed by atoms with van der Waals surface area (Å²) >= 11 is 0. The number of aromatic nitrogens is 1. The fraction of sp³-hybridized carbons (Fsp3) is 0.190. The molecule has 1 aliphatic carbocycles. The van der Waals surface area contributed by atoms with Gasteiger partial charge >= 0.3 is 5.97 Å². The number of nitrogens with zero attached hydrogens (tertiary/aromatic N) is 1. The summed E-state index contributed by atoms with van der Waals surface area (Å²) in [6.07, 6.45) is 5.02. The number of fused-ring (bicyclic) bond motifs is 2. The van der Waals surface area contributed by atoms with Crippen molar-refractivity contribution in [1.29, 1.82) is 0 Å². The first kappa shape index (κ1) is 17.0. The molecule has 0 aliphatic heterocycles. The fourth-order valence-electron chi connectivity index (χ4n) is 3.33. The van der Waals surface area contributed by atoms with Gasteiger partial charge in [0.05, 0.1) is 23.0 Å². The molecule has 0 bridgehead atoms. The van der Waals surface area contributed by atoms with Crippen molar-refractivity contribution in [2.24, 2.45) is 0 Å². The Bertz CT molecular complexity index is 1050. The Kier molecular flexibility index (Phi) is 4.46. The first-order valence-corrected chi connectivity index (χ1v) is 8.71. The van der Waals surface area contributed by atoms with Gasteiger partial charge in [0, 0.05) is 12.4 Å². The Balaban J connectivity index is 1.81. The molecule has 3 aromatic rings. The monoisotopic (exact) mass is 362 g/mol. The molecule has 0 atom stereocenters. The minimum Gasteiger partial charge on any atom is -0.465 e. The predicted octanol–water partition coefficient (Wildman–Crippen LogP) is 3.22. The van der Waals surface area contributed by atoms with Crippen LogP contribution in [0.4, 0.5) is 0 Å². The highest BCUT2D eigenvalue weighted by Crippen LogP contribution is 2.37. The van der Waals surface area contributed by atoms with Crippen LogP contribution in [-0.2, 0) is 16.0 Å². The van der Waals surface area contributed by atoms with Gasteiger partial charge < -0.3 is 14.5 Å². The molecule has 0 spiro atoms. The summed E-state index contributed by atoms with van der Waals surface area (Å²) in [6, 6.07) is 11.2. The number of rotatable bonds is 4. The maximum absolute atomic E-state index is 12.8. The molecule has 4 rings (SSSR count). The third kappa shape index (κ3) is 3.21. The molecule has 0 saturated heterocycles. The maximum Gasteiger partial charge on any atom is 0.339 e. The molecule has 136 valence electrons. The van der Waals surface area contributed by atoms with Crippen molar-refractivity contribution >= 4 is 34.4 Å². The van der Waals surface area contributed by atoms with E-state index in [2.05, 4.69) is 5.32 Å². The van der Waals surface area contributed by atoms with E-state index in [1.165, 1.54) is 7.05 Å². The third-order valence-corrected chi connectivity index (χ3v) is 4.62. The Morgan fingerprint density at radius 3 is 2.85 bits per heavy atom. The van der Waals surface area contributed by atoms with Crippen LogP contribution in [0.2, 0.25) is 0 Å². The maximum atomic E-state index is 12.8. The third-order valence-electron chi connectivity index (χ3n) is 4.62. The second-order valence-electron chi connectivity index (χ2n) is 6.27. The fourth-order valence-corrected chi connectivity index (χ4v) is 3.33. The van der Waals surface area contributed by atoms with Crippen molar-refractivity contribution in [3.05, 3.63) is 65.2 Å². The van der Waals surface area contributed by atoms with Crippen molar-refractivity contribution in [3.8, 4) is 0 Å². The van der Waals surface area contributed by atoms with Gasteiger partial charge in [-0.1, -0.05) is 18.2 Å². The summed E-state index contributed by atoms with van der Waals surface area (Å²) in [6.45, 7) is -0.310. The van der Waals surface area contributed by atoms with Crippen LogP contribution in [0.1, 0.15) is 33.8 Å². The van der Waals surface area contributed by atoms with E-state index in [4.69, 9.17) is 14.1 Å². The van der Waals surface area contributed by atoms with Gasteiger partial charge in [-0.2, -0.15) is 0 Å². The Morgan fingerprint density at radius 2 is 2.07 bits per heavy atom. The van der Waals surface area contributed by atoms with Crippen LogP contribution >= 0.6 is 0 Å². The highest BCUT2D eigenvalue weighted by Gasteiger charge is 2.28. The molecular weight excluding hydrogens is 344 g/mol. The summed E-state index contributed by atoms with van der Waals surface area (Å²) in [5.41, 5.74) is 3.87. The first-order valence-electron chi connectivity index (χ1n) is 8.71. The molecule has 2 aromatic heterocycles. The first-order chi connectivity index (χ1) is 13.2. The van der Waals surface area contributed by atoms with Gasteiger partial charge in [0.2, 0.25) is 0 Å². The largest absolute Gasteiger partial charge is 0.465 e. The highest BCUT2D eigenvalue weighted by molar-refractivity contribution is 6.07. The summed E-state index contributed by atoms with van der Waals surface area (Å²) in [5.74, 6) is -0.110. The topological polar surface area (TPSA) is 81.4 Å². The second kappa shape index (κ2) is 7.07. The number of para-hydroxylation sites is 1. The van der Waals surface area contributed by atoms with E-state index in [1.807, 2.05) is 42.5 Å². The SMILES string of the molecule is CNC(=O)COC(=O)c1c2c(nc3ccccc13)/C(=C\c1ccco1)CC2. The van der Waals surface area contributed by atoms with Crippen molar-refractivity contribution in [3.63, 3.8) is 0 Å². The minimum absolute atomic E-state index is 0.310. The molecule has 6 nitrogen and oxygen atoms in total. The lowest BCUT2D eigenvalue weighted by Gasteiger charge is -2.12. The van der Waals surface area contributed by atoms with Gasteiger partial charge in [-0.05, 0) is 48.3 Å². The van der Waals surface area contributed by atoms with Crippen LogP contribution in [0, 0.1) is 0 Å². The molecule has 1 aromatic carbocycles. The van der Waals surface area contributed by atoms with Gasteiger partial charge in [-0.25, -0.2) is 9.78 Å². The number of esters is 1. The number of furan rings is 1. The standard InChI is InChI=1S/C21H18N2O4/c1-22-18(24)12-27-21(25)19-15-6-2-3-7-17(15)23-20-13(8-9-16(19)20)11-14-5-4-10-26-14/h2-7,10-11H,8-9,12H2,1H3,(H,22,24)/b13-11-. The van der Waals surface area contributed by atoms with Crippen molar-refractivity contribution in [2.75, 3.05) is 13.7 Å². The van der Waals surface area contributed by atoms with Crippen molar-refractivity contribution < 1.29 is 18.7 Å². The lowest BCUT2D eigenvalue weighted by atomic mass is 10.0. The Morgan fingerprint density at radius 1 is 1.22 bits per heavy atom. The van der Waals surface area contributed by atoms with E-state index in [0.29, 0.717) is 12.0 Å². The van der Waals surface area contributed by atoms with Crippen molar-refractivity contribution in [1.82, 2.24) is 10.3 Å². The molecular formula is C21H18N2O4. The number of nitrogens with one attached hydrogen (secondary N) is 1. The average Bonchev–Trinajstić information content (AvgIpc) is 3.34. The van der Waals surface area contributed by atoms with E-state index in [9.17, 15) is 9.59 Å². The van der Waals surface area contributed by atoms with E-state index in [0.717, 1.165) is 39.9 Å². The molecule has 1 aliphatic rings. The molecule has 1 amide bonds. The van der Waals surface area contributed by atoms with Crippen LogP contribution < -0.4 is 5.32 Å². The van der Waals surface area contributed by atoms with Gasteiger partial charge in [0.25, 0.3) is 5.91 Å². The normalized spacial score (nSPS) is 14.3. The summed E-state index contributed by atoms with van der Waals surface area (Å²) < 4.78 is 10.7. The highest BCUT2D eigenvalue weighted by atomic mass is 16.5. The summed E-state index contributed by atoms with van der Waals surface area (Å²) in [4.78, 5) is 29.0. The average molecular weight is 362 g/mol. The van der Waals surface area contributed by atoms with E-state index >= 15 is 0 Å². The number of carbonyl (C=O) groups is 2. The second-order valence-corrected chi connectivity index (χ2v) is 6.27. The molecule has 0 radical (unpaired) electrons. The number of ether oxygens (including phenoxy) is 1. The number of hydrogen-bond donors (Lipinski definition) is 1. The quantitative estimate of drug-likeness (QED) is 0.721. The van der Waals surface area contributed by atoms with Crippen LogP contribution in [0.25, 0.3) is 22.6 Å². The number of likely N-dealkylation sites (N-methyl/N-ethyl adjacent to an activating group) is 1. The van der Waals surface area contributed by atoms with Gasteiger partial charge in [-0.15, -0.1) is 0 Å². The van der Waals surface area contributed by atoms with Gasteiger partial charge in [0.15, 0.2) is 6.61 Å². The molecule has 0 fully saturated rings. The zero-order valence-electron chi connectivity index (χ0n) is 14.8. The molecule has 0 unspecified atom stereocenters. The van der Waals surface area contributed by atoms with Crippen LogP contribution in [0.5, 0.6) is 0 Å². The minimum atomic E-state index is -0.507. The smallest absolute Gasteiger partial charge is 0.339 e. The summed E-state index contributed by atoms with van der Waals surface area (Å²) in [5, 5.41) is 3.18. The number of hydrogen-bond acceptors (Lipinski definition) is 5. The number of pyridine rings is 1.